The van der Waals surface area contributed by atoms with Crippen molar-refractivity contribution >= 4 is 5.91 Å². The monoisotopic (exact) mass is 211 g/mol. The van der Waals surface area contributed by atoms with Gasteiger partial charge in [0.05, 0.1) is 25.8 Å². The molecule has 5 heteroatoms. The third-order valence-electron chi connectivity index (χ3n) is 2.18. The summed E-state index contributed by atoms with van der Waals surface area (Å²) in [7, 11) is 0. The van der Waals surface area contributed by atoms with Crippen molar-refractivity contribution in [2.24, 2.45) is 0 Å². The third kappa shape index (κ3) is 3.86. The van der Waals surface area contributed by atoms with Crippen LogP contribution in [0.25, 0.3) is 0 Å². The lowest BCUT2D eigenvalue weighted by molar-refractivity contribution is -0.124. The molecule has 5 nitrogen and oxygen atoms in total. The second-order valence-electron chi connectivity index (χ2n) is 3.91. The molecule has 0 unspecified atom stereocenters. The van der Waals surface area contributed by atoms with Crippen molar-refractivity contribution in [1.82, 2.24) is 10.2 Å². The Labute approximate surface area is 90.0 Å². The van der Waals surface area contributed by atoms with Crippen LogP contribution in [0.15, 0.2) is 0 Å². The smallest absolute Gasteiger partial charge is 0.234 e. The zero-order chi connectivity index (χ0) is 11.3. The molecule has 1 N–H and O–H groups in total. The van der Waals surface area contributed by atoms with Crippen molar-refractivity contribution in [3.8, 4) is 6.07 Å². The number of nitrogens with zero attached hydrogens (tertiary/aromatic N) is 2. The van der Waals surface area contributed by atoms with E-state index in [-0.39, 0.29) is 24.5 Å². The molecular weight excluding hydrogens is 194 g/mol. The van der Waals surface area contributed by atoms with Gasteiger partial charge in [-0.15, -0.1) is 0 Å². The SMILES string of the molecule is CC(C)NC(=O)CN1CCOC[C@@H]1C#N. The minimum atomic E-state index is -0.295. The highest BCUT2D eigenvalue weighted by Gasteiger charge is 2.24. The second-order valence-corrected chi connectivity index (χ2v) is 3.91. The number of nitrogens with one attached hydrogen (secondary N) is 1. The van der Waals surface area contributed by atoms with Gasteiger partial charge in [-0.25, -0.2) is 0 Å². The number of ether oxygens (including phenoxy) is 1. The molecule has 84 valence electrons. The van der Waals surface area contributed by atoms with Crippen LogP contribution >= 0.6 is 0 Å². The lowest BCUT2D eigenvalue weighted by Crippen LogP contribution is -2.49. The molecule has 0 saturated carbocycles. The van der Waals surface area contributed by atoms with Gasteiger partial charge in [0.2, 0.25) is 5.91 Å². The van der Waals surface area contributed by atoms with E-state index in [4.69, 9.17) is 10.00 Å². The summed E-state index contributed by atoms with van der Waals surface area (Å²) in [6, 6.07) is 1.98. The lowest BCUT2D eigenvalue weighted by atomic mass is 10.2. The zero-order valence-electron chi connectivity index (χ0n) is 9.19. The van der Waals surface area contributed by atoms with E-state index in [1.54, 1.807) is 0 Å². The Kier molecular flexibility index (Phi) is 4.53. The number of carbonyl (C=O) groups is 1. The van der Waals surface area contributed by atoms with Crippen LogP contribution in [-0.4, -0.2) is 49.2 Å². The molecule has 1 aliphatic rings. The Morgan fingerprint density at radius 2 is 2.47 bits per heavy atom. The van der Waals surface area contributed by atoms with Crippen LogP contribution in [0.2, 0.25) is 0 Å². The van der Waals surface area contributed by atoms with E-state index in [2.05, 4.69) is 11.4 Å². The summed E-state index contributed by atoms with van der Waals surface area (Å²) in [5.41, 5.74) is 0. The maximum absolute atomic E-state index is 11.5. The fourth-order valence-electron chi connectivity index (χ4n) is 1.50. The fourth-order valence-corrected chi connectivity index (χ4v) is 1.50. The molecule has 0 aromatic rings. The Bertz CT molecular complexity index is 260. The molecule has 1 heterocycles. The molecule has 1 atom stereocenters. The van der Waals surface area contributed by atoms with Gasteiger partial charge < -0.3 is 10.1 Å². The van der Waals surface area contributed by atoms with Crippen LogP contribution in [0.1, 0.15) is 13.8 Å². The maximum atomic E-state index is 11.5. The van der Waals surface area contributed by atoms with Gasteiger partial charge in [-0.05, 0) is 13.8 Å². The van der Waals surface area contributed by atoms with Crippen molar-refractivity contribution in [3.63, 3.8) is 0 Å². The summed E-state index contributed by atoms with van der Waals surface area (Å²) >= 11 is 0. The molecule has 0 aliphatic carbocycles. The molecule has 1 amide bonds. The third-order valence-corrected chi connectivity index (χ3v) is 2.18. The largest absolute Gasteiger partial charge is 0.377 e. The number of nitriles is 1. The van der Waals surface area contributed by atoms with Crippen molar-refractivity contribution in [1.29, 1.82) is 5.26 Å². The van der Waals surface area contributed by atoms with E-state index in [0.717, 1.165) is 0 Å². The Morgan fingerprint density at radius 3 is 3.07 bits per heavy atom. The fraction of sp³-hybridized carbons (Fsp3) is 0.800. The van der Waals surface area contributed by atoms with Crippen molar-refractivity contribution in [3.05, 3.63) is 0 Å². The highest BCUT2D eigenvalue weighted by Crippen LogP contribution is 2.05. The van der Waals surface area contributed by atoms with Gasteiger partial charge in [-0.2, -0.15) is 5.26 Å². The first kappa shape index (κ1) is 12.0. The molecule has 15 heavy (non-hydrogen) atoms. The maximum Gasteiger partial charge on any atom is 0.234 e. The molecule has 1 aliphatic heterocycles. The summed E-state index contributed by atoms with van der Waals surface area (Å²) in [6.45, 7) is 5.74. The first-order valence-electron chi connectivity index (χ1n) is 5.14. The predicted molar refractivity (Wildman–Crippen MR) is 55.1 cm³/mol. The zero-order valence-corrected chi connectivity index (χ0v) is 9.19. The van der Waals surface area contributed by atoms with E-state index in [1.165, 1.54) is 0 Å². The van der Waals surface area contributed by atoms with Gasteiger partial charge in [0, 0.05) is 12.6 Å². The summed E-state index contributed by atoms with van der Waals surface area (Å²) in [5, 5.41) is 11.7. The van der Waals surface area contributed by atoms with Crippen LogP contribution in [-0.2, 0) is 9.53 Å². The van der Waals surface area contributed by atoms with Crippen molar-refractivity contribution in [2.75, 3.05) is 26.3 Å². The predicted octanol–water partition coefficient (Wildman–Crippen LogP) is -0.265. The van der Waals surface area contributed by atoms with Crippen LogP contribution < -0.4 is 5.32 Å². The van der Waals surface area contributed by atoms with E-state index in [9.17, 15) is 4.79 Å². The number of morpholine rings is 1. The summed E-state index contributed by atoms with van der Waals surface area (Å²) in [4.78, 5) is 13.3. The van der Waals surface area contributed by atoms with Crippen LogP contribution in [0.5, 0.6) is 0 Å². The highest BCUT2D eigenvalue weighted by molar-refractivity contribution is 5.78. The molecule has 1 saturated heterocycles. The van der Waals surface area contributed by atoms with Gasteiger partial charge in [-0.3, -0.25) is 9.69 Å². The quantitative estimate of drug-likeness (QED) is 0.698. The molecule has 0 aromatic heterocycles. The topological polar surface area (TPSA) is 65.4 Å². The highest BCUT2D eigenvalue weighted by atomic mass is 16.5. The molecule has 0 spiro atoms. The van der Waals surface area contributed by atoms with Crippen LogP contribution in [0, 0.1) is 11.3 Å². The van der Waals surface area contributed by atoms with Gasteiger partial charge in [0.15, 0.2) is 0 Å². The molecule has 0 bridgehead atoms. The number of rotatable bonds is 3. The molecular formula is C10H17N3O2. The second kappa shape index (κ2) is 5.69. The number of hydrogen-bond donors (Lipinski definition) is 1. The van der Waals surface area contributed by atoms with E-state index >= 15 is 0 Å². The number of amides is 1. The van der Waals surface area contributed by atoms with Crippen molar-refractivity contribution < 1.29 is 9.53 Å². The average Bonchev–Trinajstić information content (AvgIpc) is 2.17. The number of hydrogen-bond acceptors (Lipinski definition) is 4. The molecule has 0 aromatic carbocycles. The van der Waals surface area contributed by atoms with E-state index < -0.39 is 0 Å². The Hall–Kier alpha value is -1.12. The Balaban J connectivity index is 2.42. The van der Waals surface area contributed by atoms with Gasteiger partial charge in [0.1, 0.15) is 6.04 Å². The molecule has 1 fully saturated rings. The number of carbonyl (C=O) groups excluding carboxylic acids is 1. The summed E-state index contributed by atoms with van der Waals surface area (Å²) in [5.74, 6) is -0.0350. The molecule has 0 radical (unpaired) electrons. The van der Waals surface area contributed by atoms with E-state index in [1.807, 2.05) is 18.7 Å². The minimum absolute atomic E-state index is 0.0350. The summed E-state index contributed by atoms with van der Waals surface area (Å²) in [6.07, 6.45) is 0. The summed E-state index contributed by atoms with van der Waals surface area (Å²) < 4.78 is 5.17. The van der Waals surface area contributed by atoms with Gasteiger partial charge in [-0.1, -0.05) is 0 Å². The van der Waals surface area contributed by atoms with Gasteiger partial charge in [0.25, 0.3) is 0 Å². The van der Waals surface area contributed by atoms with Crippen LogP contribution in [0.4, 0.5) is 0 Å². The molecule has 1 rings (SSSR count). The standard InChI is InChI=1S/C10H17N3O2/c1-8(2)12-10(14)6-13-3-4-15-7-9(13)5-11/h8-9H,3-4,6-7H2,1-2H3,(H,12,14)/t9-/m0/s1. The Morgan fingerprint density at radius 1 is 1.73 bits per heavy atom. The first-order valence-corrected chi connectivity index (χ1v) is 5.14. The first-order chi connectivity index (χ1) is 7.13. The average molecular weight is 211 g/mol. The van der Waals surface area contributed by atoms with Crippen LogP contribution in [0.3, 0.4) is 0 Å². The van der Waals surface area contributed by atoms with E-state index in [0.29, 0.717) is 19.8 Å². The normalized spacial score (nSPS) is 22.4. The lowest BCUT2D eigenvalue weighted by Gasteiger charge is -2.30. The van der Waals surface area contributed by atoms with Crippen molar-refractivity contribution in [2.45, 2.75) is 25.9 Å². The van der Waals surface area contributed by atoms with Gasteiger partial charge >= 0.3 is 0 Å². The minimum Gasteiger partial charge on any atom is -0.377 e.